The Labute approximate surface area is 84.9 Å². The molecule has 2 aliphatic rings. The van der Waals surface area contributed by atoms with Crippen LogP contribution in [0.2, 0.25) is 0 Å². The molecule has 2 N–H and O–H groups in total. The van der Waals surface area contributed by atoms with Crippen LogP contribution in [0.15, 0.2) is 12.2 Å². The number of piperidine rings is 1. The highest BCUT2D eigenvalue weighted by Gasteiger charge is 2.23. The van der Waals surface area contributed by atoms with Gasteiger partial charge in [-0.25, -0.2) is 0 Å². The van der Waals surface area contributed by atoms with Gasteiger partial charge in [-0.2, -0.15) is 0 Å². The Hall–Kier alpha value is -0.830. The van der Waals surface area contributed by atoms with Crippen LogP contribution in [0.4, 0.5) is 0 Å². The lowest BCUT2D eigenvalue weighted by Gasteiger charge is -2.27. The van der Waals surface area contributed by atoms with Crippen LogP contribution in [0.3, 0.4) is 0 Å². The van der Waals surface area contributed by atoms with E-state index in [1.165, 1.54) is 19.3 Å². The average Bonchev–Trinajstić information content (AvgIpc) is 2.23. The highest BCUT2D eigenvalue weighted by atomic mass is 16.2. The Kier molecular flexibility index (Phi) is 3.19. The average molecular weight is 194 g/mol. The zero-order valence-electron chi connectivity index (χ0n) is 8.46. The quantitative estimate of drug-likeness (QED) is 0.643. The molecular formula is C11H18N2O. The number of amides is 1. The summed E-state index contributed by atoms with van der Waals surface area (Å²) in [5, 5.41) is 6.30. The number of nitrogens with one attached hydrogen (secondary N) is 2. The molecule has 1 aliphatic carbocycles. The Bertz CT molecular complexity index is 237. The van der Waals surface area contributed by atoms with E-state index in [0.29, 0.717) is 6.04 Å². The van der Waals surface area contributed by atoms with Crippen LogP contribution in [0.5, 0.6) is 0 Å². The molecule has 1 amide bonds. The number of allylic oxidation sites excluding steroid dienone is 1. The van der Waals surface area contributed by atoms with Gasteiger partial charge in [0.1, 0.15) is 0 Å². The summed E-state index contributed by atoms with van der Waals surface area (Å²) in [6.07, 6.45) is 10.1. The van der Waals surface area contributed by atoms with Gasteiger partial charge in [-0.3, -0.25) is 10.1 Å². The van der Waals surface area contributed by atoms with Gasteiger partial charge in [0.15, 0.2) is 0 Å². The van der Waals surface area contributed by atoms with Crippen LogP contribution < -0.4 is 10.6 Å². The van der Waals surface area contributed by atoms with E-state index < -0.39 is 0 Å². The van der Waals surface area contributed by atoms with E-state index in [-0.39, 0.29) is 11.9 Å². The second-order valence-electron chi connectivity index (χ2n) is 4.12. The van der Waals surface area contributed by atoms with Gasteiger partial charge in [-0.15, -0.1) is 0 Å². The Morgan fingerprint density at radius 3 is 3.00 bits per heavy atom. The van der Waals surface area contributed by atoms with Crippen LogP contribution in [0, 0.1) is 0 Å². The molecule has 0 bridgehead atoms. The largest absolute Gasteiger partial charge is 0.355 e. The first-order chi connectivity index (χ1) is 6.86. The van der Waals surface area contributed by atoms with Crippen molar-refractivity contribution in [3.8, 4) is 0 Å². The zero-order chi connectivity index (χ0) is 9.80. The molecule has 3 heteroatoms. The SMILES string of the molecule is O=C1NCCCC1NC1C=CCCC1. The van der Waals surface area contributed by atoms with Crippen molar-refractivity contribution in [2.24, 2.45) is 0 Å². The predicted molar refractivity (Wildman–Crippen MR) is 55.9 cm³/mol. The molecule has 0 radical (unpaired) electrons. The first-order valence-corrected chi connectivity index (χ1v) is 5.57. The lowest BCUT2D eigenvalue weighted by atomic mass is 9.99. The summed E-state index contributed by atoms with van der Waals surface area (Å²) in [7, 11) is 0. The van der Waals surface area contributed by atoms with Gasteiger partial charge in [-0.1, -0.05) is 12.2 Å². The Morgan fingerprint density at radius 2 is 2.29 bits per heavy atom. The van der Waals surface area contributed by atoms with Crippen molar-refractivity contribution in [1.29, 1.82) is 0 Å². The molecule has 0 aromatic rings. The summed E-state index contributed by atoms with van der Waals surface area (Å²) in [6.45, 7) is 0.845. The zero-order valence-corrected chi connectivity index (χ0v) is 8.46. The van der Waals surface area contributed by atoms with Crippen molar-refractivity contribution >= 4 is 5.91 Å². The number of rotatable bonds is 2. The van der Waals surface area contributed by atoms with Gasteiger partial charge in [0.25, 0.3) is 0 Å². The van der Waals surface area contributed by atoms with Crippen LogP contribution in [0.25, 0.3) is 0 Å². The monoisotopic (exact) mass is 194 g/mol. The maximum Gasteiger partial charge on any atom is 0.237 e. The van der Waals surface area contributed by atoms with Gasteiger partial charge in [0.05, 0.1) is 6.04 Å². The van der Waals surface area contributed by atoms with Gasteiger partial charge in [-0.05, 0) is 32.1 Å². The third kappa shape index (κ3) is 2.35. The lowest BCUT2D eigenvalue weighted by molar-refractivity contribution is -0.124. The van der Waals surface area contributed by atoms with Gasteiger partial charge in [0.2, 0.25) is 5.91 Å². The van der Waals surface area contributed by atoms with Crippen molar-refractivity contribution < 1.29 is 4.79 Å². The summed E-state index contributed by atoms with van der Waals surface area (Å²) < 4.78 is 0. The maximum absolute atomic E-state index is 11.5. The molecule has 0 aromatic heterocycles. The molecule has 78 valence electrons. The van der Waals surface area contributed by atoms with Crippen molar-refractivity contribution in [1.82, 2.24) is 10.6 Å². The third-order valence-corrected chi connectivity index (χ3v) is 2.95. The predicted octanol–water partition coefficient (Wildman–Crippen LogP) is 0.963. The van der Waals surface area contributed by atoms with Crippen LogP contribution in [-0.4, -0.2) is 24.5 Å². The molecule has 0 saturated carbocycles. The molecule has 14 heavy (non-hydrogen) atoms. The first kappa shape index (κ1) is 9.71. The Morgan fingerprint density at radius 1 is 1.36 bits per heavy atom. The van der Waals surface area contributed by atoms with Crippen LogP contribution >= 0.6 is 0 Å². The number of carbonyl (C=O) groups excluding carboxylic acids is 1. The molecule has 0 aromatic carbocycles. The summed E-state index contributed by atoms with van der Waals surface area (Å²) in [6, 6.07) is 0.453. The maximum atomic E-state index is 11.5. The second-order valence-corrected chi connectivity index (χ2v) is 4.12. The van der Waals surface area contributed by atoms with E-state index in [0.717, 1.165) is 19.4 Å². The van der Waals surface area contributed by atoms with Crippen molar-refractivity contribution in [3.05, 3.63) is 12.2 Å². The van der Waals surface area contributed by atoms with E-state index >= 15 is 0 Å². The minimum atomic E-state index is 0.0384. The van der Waals surface area contributed by atoms with Gasteiger partial charge < -0.3 is 5.32 Å². The molecular weight excluding hydrogens is 176 g/mol. The molecule has 1 saturated heterocycles. The summed E-state index contributed by atoms with van der Waals surface area (Å²) in [4.78, 5) is 11.5. The smallest absolute Gasteiger partial charge is 0.237 e. The number of carbonyl (C=O) groups is 1. The highest BCUT2D eigenvalue weighted by molar-refractivity contribution is 5.82. The number of hydrogen-bond donors (Lipinski definition) is 2. The van der Waals surface area contributed by atoms with Crippen LogP contribution in [0.1, 0.15) is 32.1 Å². The molecule has 2 rings (SSSR count). The van der Waals surface area contributed by atoms with Crippen LogP contribution in [-0.2, 0) is 4.79 Å². The molecule has 1 aliphatic heterocycles. The normalized spacial score (nSPS) is 32.7. The molecule has 1 heterocycles. The summed E-state index contributed by atoms with van der Waals surface area (Å²) in [5.41, 5.74) is 0. The minimum absolute atomic E-state index is 0.0384. The van der Waals surface area contributed by atoms with Gasteiger partial charge in [0, 0.05) is 12.6 Å². The van der Waals surface area contributed by atoms with Crippen molar-refractivity contribution in [2.45, 2.75) is 44.2 Å². The fourth-order valence-electron chi connectivity index (χ4n) is 2.14. The van der Waals surface area contributed by atoms with E-state index in [2.05, 4.69) is 22.8 Å². The highest BCUT2D eigenvalue weighted by Crippen LogP contribution is 2.12. The molecule has 2 atom stereocenters. The minimum Gasteiger partial charge on any atom is -0.355 e. The summed E-state index contributed by atoms with van der Waals surface area (Å²) in [5.74, 6) is 0.176. The molecule has 1 fully saturated rings. The van der Waals surface area contributed by atoms with Crippen molar-refractivity contribution in [2.75, 3.05) is 6.54 Å². The second kappa shape index (κ2) is 4.60. The van der Waals surface area contributed by atoms with E-state index in [4.69, 9.17) is 0 Å². The summed E-state index contributed by atoms with van der Waals surface area (Å²) >= 11 is 0. The van der Waals surface area contributed by atoms with E-state index in [9.17, 15) is 4.79 Å². The van der Waals surface area contributed by atoms with Gasteiger partial charge >= 0.3 is 0 Å². The fourth-order valence-corrected chi connectivity index (χ4v) is 2.14. The van der Waals surface area contributed by atoms with E-state index in [1.54, 1.807) is 0 Å². The molecule has 3 nitrogen and oxygen atoms in total. The van der Waals surface area contributed by atoms with Crippen molar-refractivity contribution in [3.63, 3.8) is 0 Å². The van der Waals surface area contributed by atoms with E-state index in [1.807, 2.05) is 0 Å². The Balaban J connectivity index is 1.85. The fraction of sp³-hybridized carbons (Fsp3) is 0.727. The third-order valence-electron chi connectivity index (χ3n) is 2.95. The topological polar surface area (TPSA) is 41.1 Å². The molecule has 2 unspecified atom stereocenters. The number of hydrogen-bond acceptors (Lipinski definition) is 2. The molecule has 0 spiro atoms. The first-order valence-electron chi connectivity index (χ1n) is 5.57. The lowest BCUT2D eigenvalue weighted by Crippen LogP contribution is -2.51. The standard InChI is InChI=1S/C11H18N2O/c14-11-10(7-4-8-12-11)13-9-5-2-1-3-6-9/h2,5,9-10,13H,1,3-4,6-8H2,(H,12,14).